The lowest BCUT2D eigenvalue weighted by molar-refractivity contribution is 0.0172. The van der Waals surface area contributed by atoms with Crippen LogP contribution in [-0.2, 0) is 4.74 Å². The van der Waals surface area contributed by atoms with Crippen molar-refractivity contribution in [2.75, 3.05) is 31.6 Å². The predicted octanol–water partition coefficient (Wildman–Crippen LogP) is 4.09. The first-order valence-electron chi connectivity index (χ1n) is 9.97. The maximum Gasteiger partial charge on any atom is 0.410 e. The molecule has 0 bridgehead atoms. The third kappa shape index (κ3) is 5.24. The SMILES string of the molecule is CCOc1nc2ccccc2nc1NC[C@H]1CCCN(C(=O)OC(C)(C)C)C1. The van der Waals surface area contributed by atoms with Crippen molar-refractivity contribution in [3.05, 3.63) is 24.3 Å². The van der Waals surface area contributed by atoms with Crippen molar-refractivity contribution in [1.29, 1.82) is 0 Å². The Morgan fingerprint density at radius 1 is 1.25 bits per heavy atom. The molecule has 1 aliphatic rings. The van der Waals surface area contributed by atoms with Crippen LogP contribution in [0.4, 0.5) is 10.6 Å². The number of rotatable bonds is 5. The standard InChI is InChI=1S/C21H30N4O3/c1-5-27-19-18(23-16-10-6-7-11-17(16)24-19)22-13-15-9-8-12-25(14-15)20(26)28-21(2,3)4/h6-7,10-11,15H,5,8-9,12-14H2,1-4H3,(H,22,23)/t15-/m1/s1. The number of benzene rings is 1. The molecule has 2 aromatic rings. The number of nitrogens with one attached hydrogen (secondary N) is 1. The number of carbonyl (C=O) groups excluding carboxylic acids is 1. The van der Waals surface area contributed by atoms with Crippen molar-refractivity contribution in [3.8, 4) is 5.88 Å². The number of amides is 1. The van der Waals surface area contributed by atoms with Gasteiger partial charge in [0.2, 0.25) is 0 Å². The Morgan fingerprint density at radius 3 is 2.64 bits per heavy atom. The summed E-state index contributed by atoms with van der Waals surface area (Å²) in [5.74, 6) is 1.49. The van der Waals surface area contributed by atoms with Gasteiger partial charge in [-0.05, 0) is 58.6 Å². The zero-order valence-corrected chi connectivity index (χ0v) is 17.2. The van der Waals surface area contributed by atoms with Crippen LogP contribution in [0, 0.1) is 5.92 Å². The number of ether oxygens (including phenoxy) is 2. The van der Waals surface area contributed by atoms with Gasteiger partial charge in [-0.3, -0.25) is 0 Å². The largest absolute Gasteiger partial charge is 0.475 e. The topological polar surface area (TPSA) is 76.6 Å². The van der Waals surface area contributed by atoms with Crippen LogP contribution in [0.5, 0.6) is 5.88 Å². The summed E-state index contributed by atoms with van der Waals surface area (Å²) in [6.07, 6.45) is 1.78. The number of hydrogen-bond acceptors (Lipinski definition) is 6. The Balaban J connectivity index is 1.66. The van der Waals surface area contributed by atoms with Crippen LogP contribution in [0.2, 0.25) is 0 Å². The zero-order valence-electron chi connectivity index (χ0n) is 17.2. The molecule has 3 rings (SSSR count). The van der Waals surface area contributed by atoms with E-state index >= 15 is 0 Å². The lowest BCUT2D eigenvalue weighted by Crippen LogP contribution is -2.44. The second-order valence-electron chi connectivity index (χ2n) is 8.11. The Labute approximate surface area is 166 Å². The van der Waals surface area contributed by atoms with E-state index in [1.165, 1.54) is 0 Å². The molecule has 2 heterocycles. The number of nitrogens with zero attached hydrogens (tertiary/aromatic N) is 3. The molecule has 0 spiro atoms. The molecule has 0 unspecified atom stereocenters. The number of carbonyl (C=O) groups is 1. The van der Waals surface area contributed by atoms with Gasteiger partial charge in [-0.15, -0.1) is 0 Å². The number of anilines is 1. The minimum absolute atomic E-state index is 0.238. The van der Waals surface area contributed by atoms with E-state index in [1.807, 2.05) is 52.0 Å². The van der Waals surface area contributed by atoms with Crippen molar-refractivity contribution in [3.63, 3.8) is 0 Å². The summed E-state index contributed by atoms with van der Waals surface area (Å²) < 4.78 is 11.2. The lowest BCUT2D eigenvalue weighted by Gasteiger charge is -2.34. The van der Waals surface area contributed by atoms with Crippen molar-refractivity contribution in [2.45, 2.75) is 46.1 Å². The van der Waals surface area contributed by atoms with Crippen LogP contribution >= 0.6 is 0 Å². The Morgan fingerprint density at radius 2 is 1.96 bits per heavy atom. The Kier molecular flexibility index (Phi) is 6.21. The molecule has 0 aliphatic carbocycles. The van der Waals surface area contributed by atoms with E-state index in [0.29, 0.717) is 37.3 Å². The zero-order chi connectivity index (χ0) is 20.1. The second kappa shape index (κ2) is 8.63. The fourth-order valence-corrected chi connectivity index (χ4v) is 3.30. The number of para-hydroxylation sites is 2. The Bertz CT molecular complexity index is 819. The van der Waals surface area contributed by atoms with Gasteiger partial charge in [-0.2, -0.15) is 0 Å². The minimum atomic E-state index is -0.477. The molecular formula is C21H30N4O3. The molecule has 1 atom stereocenters. The van der Waals surface area contributed by atoms with E-state index in [1.54, 1.807) is 4.90 Å². The summed E-state index contributed by atoms with van der Waals surface area (Å²) in [5, 5.41) is 3.39. The van der Waals surface area contributed by atoms with Crippen molar-refractivity contribution in [1.82, 2.24) is 14.9 Å². The molecule has 1 aromatic heterocycles. The van der Waals surface area contributed by atoms with E-state index in [0.717, 1.165) is 30.4 Å². The smallest absolute Gasteiger partial charge is 0.410 e. The fourth-order valence-electron chi connectivity index (χ4n) is 3.30. The number of aromatic nitrogens is 2. The van der Waals surface area contributed by atoms with E-state index in [9.17, 15) is 4.79 Å². The third-order valence-electron chi connectivity index (χ3n) is 4.55. The van der Waals surface area contributed by atoms with E-state index in [2.05, 4.69) is 15.3 Å². The van der Waals surface area contributed by atoms with Crippen molar-refractivity contribution < 1.29 is 14.3 Å². The lowest BCUT2D eigenvalue weighted by atomic mass is 9.98. The first-order chi connectivity index (χ1) is 13.4. The first kappa shape index (κ1) is 20.2. The highest BCUT2D eigenvalue weighted by atomic mass is 16.6. The highest BCUT2D eigenvalue weighted by Crippen LogP contribution is 2.25. The van der Waals surface area contributed by atoms with Gasteiger partial charge in [0.1, 0.15) is 5.60 Å². The molecule has 0 saturated carbocycles. The number of likely N-dealkylation sites (tertiary alicyclic amines) is 1. The highest BCUT2D eigenvalue weighted by molar-refractivity contribution is 5.77. The van der Waals surface area contributed by atoms with Gasteiger partial charge in [-0.1, -0.05) is 12.1 Å². The maximum atomic E-state index is 12.4. The average molecular weight is 386 g/mol. The van der Waals surface area contributed by atoms with E-state index in [-0.39, 0.29) is 6.09 Å². The van der Waals surface area contributed by atoms with Gasteiger partial charge < -0.3 is 19.7 Å². The van der Waals surface area contributed by atoms with Gasteiger partial charge in [0.15, 0.2) is 5.82 Å². The molecule has 7 nitrogen and oxygen atoms in total. The molecule has 7 heteroatoms. The van der Waals surface area contributed by atoms with Crippen molar-refractivity contribution in [2.24, 2.45) is 5.92 Å². The first-order valence-corrected chi connectivity index (χ1v) is 9.97. The van der Waals surface area contributed by atoms with Gasteiger partial charge >= 0.3 is 6.09 Å². The number of piperidine rings is 1. The van der Waals surface area contributed by atoms with E-state index in [4.69, 9.17) is 9.47 Å². The van der Waals surface area contributed by atoms with Crippen LogP contribution in [-0.4, -0.2) is 52.8 Å². The summed E-state index contributed by atoms with van der Waals surface area (Å²) in [4.78, 5) is 23.4. The molecule has 1 aromatic carbocycles. The van der Waals surface area contributed by atoms with Gasteiger partial charge in [0.25, 0.3) is 5.88 Å². The van der Waals surface area contributed by atoms with Crippen LogP contribution in [0.25, 0.3) is 11.0 Å². The molecule has 1 N–H and O–H groups in total. The van der Waals surface area contributed by atoms with Gasteiger partial charge in [-0.25, -0.2) is 14.8 Å². The number of hydrogen-bond donors (Lipinski definition) is 1. The van der Waals surface area contributed by atoms with E-state index < -0.39 is 5.60 Å². The summed E-state index contributed by atoms with van der Waals surface area (Å²) in [7, 11) is 0. The van der Waals surface area contributed by atoms with Crippen LogP contribution in [0.15, 0.2) is 24.3 Å². The predicted molar refractivity (Wildman–Crippen MR) is 110 cm³/mol. The van der Waals surface area contributed by atoms with Gasteiger partial charge in [0.05, 0.1) is 17.6 Å². The summed E-state index contributed by atoms with van der Waals surface area (Å²) in [6.45, 7) is 10.2. The molecule has 1 fully saturated rings. The van der Waals surface area contributed by atoms with Crippen LogP contribution in [0.1, 0.15) is 40.5 Å². The minimum Gasteiger partial charge on any atom is -0.475 e. The normalized spacial score (nSPS) is 17.4. The molecule has 1 saturated heterocycles. The quantitative estimate of drug-likeness (QED) is 0.834. The molecule has 1 amide bonds. The monoisotopic (exact) mass is 386 g/mol. The highest BCUT2D eigenvalue weighted by Gasteiger charge is 2.27. The van der Waals surface area contributed by atoms with Gasteiger partial charge in [0, 0.05) is 19.6 Å². The fraction of sp³-hybridized carbons (Fsp3) is 0.571. The molecule has 152 valence electrons. The molecule has 1 aliphatic heterocycles. The van der Waals surface area contributed by atoms with Crippen LogP contribution < -0.4 is 10.1 Å². The molecule has 0 radical (unpaired) electrons. The molecular weight excluding hydrogens is 356 g/mol. The maximum absolute atomic E-state index is 12.4. The average Bonchev–Trinajstić information content (AvgIpc) is 2.65. The number of fused-ring (bicyclic) bond motifs is 1. The third-order valence-corrected chi connectivity index (χ3v) is 4.55. The van der Waals surface area contributed by atoms with Crippen LogP contribution in [0.3, 0.4) is 0 Å². The summed E-state index contributed by atoms with van der Waals surface area (Å²) in [5.41, 5.74) is 1.16. The summed E-state index contributed by atoms with van der Waals surface area (Å²) in [6, 6.07) is 7.75. The molecule has 28 heavy (non-hydrogen) atoms. The Hall–Kier alpha value is -2.57. The second-order valence-corrected chi connectivity index (χ2v) is 8.11. The van der Waals surface area contributed by atoms with Crippen molar-refractivity contribution >= 4 is 22.9 Å². The summed E-state index contributed by atoms with van der Waals surface area (Å²) >= 11 is 0.